The maximum Gasteiger partial charge on any atom is 0.124 e. The van der Waals surface area contributed by atoms with E-state index >= 15 is 0 Å². The van der Waals surface area contributed by atoms with Crippen molar-refractivity contribution in [1.82, 2.24) is 0 Å². The van der Waals surface area contributed by atoms with Gasteiger partial charge in [0.1, 0.15) is 19.6 Å². The number of rotatable bonds is 4. The number of phenols is 1. The third-order valence-electron chi connectivity index (χ3n) is 3.97. The molecule has 0 spiro atoms. The van der Waals surface area contributed by atoms with E-state index in [0.717, 1.165) is 12.0 Å². The van der Waals surface area contributed by atoms with Gasteiger partial charge in [0.15, 0.2) is 0 Å². The van der Waals surface area contributed by atoms with Gasteiger partial charge in [-0.2, -0.15) is 0 Å². The van der Waals surface area contributed by atoms with Crippen molar-refractivity contribution in [3.63, 3.8) is 0 Å². The van der Waals surface area contributed by atoms with Gasteiger partial charge in [0.25, 0.3) is 0 Å². The highest BCUT2D eigenvalue weighted by atomic mass is 28.3. The van der Waals surface area contributed by atoms with Gasteiger partial charge in [0.2, 0.25) is 0 Å². The van der Waals surface area contributed by atoms with Crippen molar-refractivity contribution in [3.05, 3.63) is 54.1 Å². The monoisotopic (exact) mass is 314 g/mol. The summed E-state index contributed by atoms with van der Waals surface area (Å²) in [5, 5.41) is 10.7. The summed E-state index contributed by atoms with van der Waals surface area (Å²) in [5.41, 5.74) is 1.55. The Morgan fingerprint density at radius 2 is 1.45 bits per heavy atom. The molecule has 0 aliphatic rings. The molecule has 118 valence electrons. The number of ether oxygens (including phenoxy) is 1. The van der Waals surface area contributed by atoms with Crippen molar-refractivity contribution in [2.45, 2.75) is 39.3 Å². The van der Waals surface area contributed by atoms with Gasteiger partial charge in [-0.25, -0.2) is 0 Å². The van der Waals surface area contributed by atoms with E-state index in [2.05, 4.69) is 58.1 Å². The molecule has 0 atom stereocenters. The van der Waals surface area contributed by atoms with E-state index in [0.29, 0.717) is 0 Å². The van der Waals surface area contributed by atoms with Crippen LogP contribution in [0, 0.1) is 0 Å². The molecule has 0 unspecified atom stereocenters. The zero-order valence-electron chi connectivity index (χ0n) is 14.2. The molecule has 0 amide bonds. The lowest BCUT2D eigenvalue weighted by atomic mass is 9.87. The maximum absolute atomic E-state index is 9.31. The van der Waals surface area contributed by atoms with Crippen molar-refractivity contribution in [2.75, 3.05) is 6.23 Å². The second-order valence-corrected chi connectivity index (χ2v) is 12.1. The average molecular weight is 315 g/mol. The smallest absolute Gasteiger partial charge is 0.124 e. The molecule has 0 aliphatic heterocycles. The Morgan fingerprint density at radius 1 is 0.909 bits per heavy atom. The SMILES string of the molecule is CC(C)(C)c1ccc([Si](C)(C)COc2ccc(O)cc2)cc1. The van der Waals surface area contributed by atoms with E-state index in [9.17, 15) is 5.11 Å². The van der Waals surface area contributed by atoms with Crippen LogP contribution in [-0.4, -0.2) is 19.4 Å². The summed E-state index contributed by atoms with van der Waals surface area (Å²) in [4.78, 5) is 0. The van der Waals surface area contributed by atoms with E-state index in [1.807, 2.05) is 12.1 Å². The highest BCUT2D eigenvalue weighted by Crippen LogP contribution is 2.22. The molecule has 0 heterocycles. The minimum Gasteiger partial charge on any atom is -0.508 e. The Bertz CT molecular complexity index is 607. The van der Waals surface area contributed by atoms with Crippen molar-refractivity contribution in [2.24, 2.45) is 0 Å². The van der Waals surface area contributed by atoms with E-state index in [1.165, 1.54) is 10.8 Å². The summed E-state index contributed by atoms with van der Waals surface area (Å²) >= 11 is 0. The molecule has 0 saturated carbocycles. The Hall–Kier alpha value is -1.74. The highest BCUT2D eigenvalue weighted by Gasteiger charge is 2.25. The molecule has 0 aromatic heterocycles. The van der Waals surface area contributed by atoms with Gasteiger partial charge in [-0.15, -0.1) is 0 Å². The third-order valence-corrected chi connectivity index (χ3v) is 6.73. The first-order valence-electron chi connectivity index (χ1n) is 7.71. The molecule has 3 heteroatoms. The van der Waals surface area contributed by atoms with Gasteiger partial charge < -0.3 is 9.84 Å². The Balaban J connectivity index is 2.07. The molecular formula is C19H26O2Si. The van der Waals surface area contributed by atoms with E-state index < -0.39 is 8.07 Å². The van der Waals surface area contributed by atoms with Crippen molar-refractivity contribution in [1.29, 1.82) is 0 Å². The summed E-state index contributed by atoms with van der Waals surface area (Å²) in [6.45, 7) is 11.3. The normalized spacial score (nSPS) is 12.2. The third kappa shape index (κ3) is 4.14. The molecule has 0 radical (unpaired) electrons. The Labute approximate surface area is 134 Å². The van der Waals surface area contributed by atoms with Crippen LogP contribution in [0.2, 0.25) is 13.1 Å². The van der Waals surface area contributed by atoms with Crippen LogP contribution in [0.1, 0.15) is 26.3 Å². The zero-order valence-corrected chi connectivity index (χ0v) is 15.2. The molecule has 2 aromatic carbocycles. The molecular weight excluding hydrogens is 288 g/mol. The second-order valence-electron chi connectivity index (χ2n) is 7.49. The second kappa shape index (κ2) is 6.17. The minimum atomic E-state index is -1.64. The fourth-order valence-corrected chi connectivity index (χ4v) is 4.07. The molecule has 22 heavy (non-hydrogen) atoms. The summed E-state index contributed by atoms with van der Waals surface area (Å²) in [7, 11) is -1.64. The van der Waals surface area contributed by atoms with Crippen LogP contribution in [0.5, 0.6) is 11.5 Å². The minimum absolute atomic E-state index is 0.187. The van der Waals surface area contributed by atoms with E-state index in [1.54, 1.807) is 12.1 Å². The predicted molar refractivity (Wildman–Crippen MR) is 95.9 cm³/mol. The van der Waals surface area contributed by atoms with Crippen LogP contribution in [0.3, 0.4) is 0 Å². The molecule has 2 rings (SSSR count). The number of hydrogen-bond donors (Lipinski definition) is 1. The summed E-state index contributed by atoms with van der Waals surface area (Å²) < 4.78 is 5.93. The van der Waals surface area contributed by atoms with Crippen LogP contribution in [0.25, 0.3) is 0 Å². The number of phenolic OH excluding ortho intramolecular Hbond substituents is 1. The van der Waals surface area contributed by atoms with E-state index in [4.69, 9.17) is 4.74 Å². The maximum atomic E-state index is 9.31. The summed E-state index contributed by atoms with van der Waals surface area (Å²) in [6.07, 6.45) is 0.729. The molecule has 0 bridgehead atoms. The lowest BCUT2D eigenvalue weighted by Gasteiger charge is -2.25. The first-order chi connectivity index (χ1) is 10.2. The van der Waals surface area contributed by atoms with Crippen LogP contribution >= 0.6 is 0 Å². The van der Waals surface area contributed by atoms with Crippen molar-refractivity contribution in [3.8, 4) is 11.5 Å². The van der Waals surface area contributed by atoms with Crippen molar-refractivity contribution < 1.29 is 9.84 Å². The quantitative estimate of drug-likeness (QED) is 0.856. The fourth-order valence-electron chi connectivity index (χ4n) is 2.31. The Morgan fingerprint density at radius 3 is 1.95 bits per heavy atom. The lowest BCUT2D eigenvalue weighted by Crippen LogP contribution is -2.47. The molecule has 0 saturated heterocycles. The highest BCUT2D eigenvalue weighted by molar-refractivity contribution is 6.89. The average Bonchev–Trinajstić information content (AvgIpc) is 2.46. The summed E-state index contributed by atoms with van der Waals surface area (Å²) in [6, 6.07) is 15.9. The largest absolute Gasteiger partial charge is 0.508 e. The van der Waals surface area contributed by atoms with Gasteiger partial charge >= 0.3 is 0 Å². The zero-order chi connectivity index (χ0) is 16.4. The van der Waals surface area contributed by atoms with Gasteiger partial charge in [-0.3, -0.25) is 0 Å². The predicted octanol–water partition coefficient (Wildman–Crippen LogP) is 4.22. The van der Waals surface area contributed by atoms with Crippen molar-refractivity contribution >= 4 is 13.3 Å². The first-order valence-corrected chi connectivity index (χ1v) is 10.9. The number of benzene rings is 2. The topological polar surface area (TPSA) is 29.5 Å². The van der Waals surface area contributed by atoms with Crippen LogP contribution < -0.4 is 9.92 Å². The first kappa shape index (κ1) is 16.6. The molecule has 0 aliphatic carbocycles. The van der Waals surface area contributed by atoms with Crippen LogP contribution in [-0.2, 0) is 5.41 Å². The number of aromatic hydroxyl groups is 1. The molecule has 2 nitrogen and oxygen atoms in total. The standard InChI is InChI=1S/C19H26O2Si/c1-19(2,3)15-6-12-18(13-7-15)22(4,5)14-21-17-10-8-16(20)9-11-17/h6-13,20H,14H2,1-5H3. The van der Waals surface area contributed by atoms with Gasteiger partial charge in [0.05, 0.1) is 6.23 Å². The molecule has 2 aromatic rings. The van der Waals surface area contributed by atoms with Gasteiger partial charge in [0, 0.05) is 0 Å². The number of hydrogen-bond acceptors (Lipinski definition) is 2. The van der Waals surface area contributed by atoms with Gasteiger partial charge in [-0.05, 0) is 35.2 Å². The molecule has 1 N–H and O–H groups in total. The van der Waals surface area contributed by atoms with Gasteiger partial charge in [-0.1, -0.05) is 63.3 Å². The van der Waals surface area contributed by atoms with E-state index in [-0.39, 0.29) is 11.2 Å². The lowest BCUT2D eigenvalue weighted by molar-refractivity contribution is 0.378. The van der Waals surface area contributed by atoms with Crippen LogP contribution in [0.4, 0.5) is 0 Å². The summed E-state index contributed by atoms with van der Waals surface area (Å²) in [5.74, 6) is 1.08. The van der Waals surface area contributed by atoms with Crippen LogP contribution in [0.15, 0.2) is 48.5 Å². The molecule has 0 fully saturated rings. The Kier molecular flexibility index (Phi) is 4.66. The fraction of sp³-hybridized carbons (Fsp3) is 0.368.